The Labute approximate surface area is 172 Å². The first kappa shape index (κ1) is 19.1. The molecule has 2 heterocycles. The fourth-order valence-corrected chi connectivity index (χ4v) is 3.56. The van der Waals surface area contributed by atoms with Crippen LogP contribution in [0, 0.1) is 12.7 Å². The maximum atomic E-state index is 13.4. The molecule has 29 heavy (non-hydrogen) atoms. The summed E-state index contributed by atoms with van der Waals surface area (Å²) in [6.07, 6.45) is 3.66. The topological polar surface area (TPSA) is 62.3 Å². The van der Waals surface area contributed by atoms with Crippen LogP contribution >= 0.6 is 11.6 Å². The summed E-state index contributed by atoms with van der Waals surface area (Å²) in [5.41, 5.74) is 10.2. The van der Waals surface area contributed by atoms with Crippen molar-refractivity contribution < 1.29 is 13.9 Å². The Hall–Kier alpha value is -3.25. The Morgan fingerprint density at radius 2 is 1.90 bits per heavy atom. The van der Waals surface area contributed by atoms with E-state index >= 15 is 0 Å². The minimum absolute atomic E-state index is 0.189. The lowest BCUT2D eigenvalue weighted by Crippen LogP contribution is -1.95. The number of rotatable bonds is 4. The predicted molar refractivity (Wildman–Crippen MR) is 113 cm³/mol. The SMILES string of the molecule is COc1nccc2c(-c3cc(N)c(C)cc3Oc3ccc(F)cc3Cl)cn(C)c12. The van der Waals surface area contributed by atoms with Gasteiger partial charge in [0.2, 0.25) is 5.88 Å². The molecule has 0 aliphatic carbocycles. The number of hydrogen-bond acceptors (Lipinski definition) is 4. The molecule has 0 saturated heterocycles. The highest BCUT2D eigenvalue weighted by atomic mass is 35.5. The first-order chi connectivity index (χ1) is 13.9. The molecule has 2 aromatic carbocycles. The number of aromatic nitrogens is 2. The molecule has 5 nitrogen and oxygen atoms in total. The lowest BCUT2D eigenvalue weighted by Gasteiger charge is -2.14. The molecule has 0 radical (unpaired) electrons. The second-order valence-electron chi connectivity index (χ2n) is 6.75. The van der Waals surface area contributed by atoms with Gasteiger partial charge in [-0.05, 0) is 48.9 Å². The number of nitrogens with zero attached hydrogens (tertiary/aromatic N) is 2. The van der Waals surface area contributed by atoms with Crippen LogP contribution < -0.4 is 15.2 Å². The summed E-state index contributed by atoms with van der Waals surface area (Å²) in [6, 6.07) is 9.65. The van der Waals surface area contributed by atoms with E-state index < -0.39 is 5.82 Å². The number of anilines is 1. The van der Waals surface area contributed by atoms with E-state index in [1.165, 1.54) is 18.2 Å². The Morgan fingerprint density at radius 3 is 2.62 bits per heavy atom. The van der Waals surface area contributed by atoms with Gasteiger partial charge in [0, 0.05) is 41.6 Å². The van der Waals surface area contributed by atoms with E-state index in [0.717, 1.165) is 27.6 Å². The van der Waals surface area contributed by atoms with Crippen LogP contribution in [0.25, 0.3) is 22.0 Å². The van der Waals surface area contributed by atoms with Crippen LogP contribution in [0.3, 0.4) is 0 Å². The molecular weight excluding hydrogens is 393 g/mol. The number of pyridine rings is 1. The third kappa shape index (κ3) is 3.36. The first-order valence-electron chi connectivity index (χ1n) is 8.90. The quantitative estimate of drug-likeness (QED) is 0.436. The number of nitrogens with two attached hydrogens (primary N) is 1. The number of ether oxygens (including phenoxy) is 2. The molecule has 0 bridgehead atoms. The number of hydrogen-bond donors (Lipinski definition) is 1. The molecule has 0 fully saturated rings. The van der Waals surface area contributed by atoms with Gasteiger partial charge >= 0.3 is 0 Å². The number of fused-ring (bicyclic) bond motifs is 1. The van der Waals surface area contributed by atoms with E-state index in [2.05, 4.69) is 4.98 Å². The van der Waals surface area contributed by atoms with Crippen molar-refractivity contribution in [3.8, 4) is 28.5 Å². The summed E-state index contributed by atoms with van der Waals surface area (Å²) in [5, 5.41) is 1.13. The average Bonchev–Trinajstić information content (AvgIpc) is 3.03. The summed E-state index contributed by atoms with van der Waals surface area (Å²) in [4.78, 5) is 4.28. The first-order valence-corrected chi connectivity index (χ1v) is 9.28. The highest BCUT2D eigenvalue weighted by Crippen LogP contribution is 2.42. The number of aryl methyl sites for hydroxylation is 2. The van der Waals surface area contributed by atoms with Crippen LogP contribution in [-0.4, -0.2) is 16.7 Å². The third-order valence-electron chi connectivity index (χ3n) is 4.82. The van der Waals surface area contributed by atoms with Gasteiger partial charge in [0.05, 0.1) is 12.1 Å². The number of halogens is 2. The summed E-state index contributed by atoms with van der Waals surface area (Å²) >= 11 is 6.17. The zero-order valence-electron chi connectivity index (χ0n) is 16.2. The summed E-state index contributed by atoms with van der Waals surface area (Å²) in [5.74, 6) is 1.02. The smallest absolute Gasteiger partial charge is 0.238 e. The Bertz CT molecular complexity index is 1240. The van der Waals surface area contributed by atoms with E-state index in [0.29, 0.717) is 23.1 Å². The largest absolute Gasteiger partial charge is 0.479 e. The molecule has 0 unspecified atom stereocenters. The van der Waals surface area contributed by atoms with E-state index in [1.54, 1.807) is 13.3 Å². The van der Waals surface area contributed by atoms with Gasteiger partial charge in [-0.15, -0.1) is 0 Å². The molecular formula is C22H19ClFN3O2. The monoisotopic (exact) mass is 411 g/mol. The van der Waals surface area contributed by atoms with E-state index in [9.17, 15) is 4.39 Å². The highest BCUT2D eigenvalue weighted by molar-refractivity contribution is 6.32. The van der Waals surface area contributed by atoms with Crippen molar-refractivity contribution >= 4 is 28.2 Å². The molecule has 4 aromatic rings. The molecule has 7 heteroatoms. The molecule has 148 valence electrons. The van der Waals surface area contributed by atoms with Crippen LogP contribution in [0.4, 0.5) is 10.1 Å². The second-order valence-corrected chi connectivity index (χ2v) is 7.16. The molecule has 0 amide bonds. The Kier molecular flexibility index (Phi) is 4.80. The fourth-order valence-electron chi connectivity index (χ4n) is 3.35. The summed E-state index contributed by atoms with van der Waals surface area (Å²) < 4.78 is 26.9. The van der Waals surface area contributed by atoms with Gasteiger partial charge in [-0.25, -0.2) is 9.37 Å². The normalized spacial score (nSPS) is 11.1. The van der Waals surface area contributed by atoms with E-state index in [4.69, 9.17) is 26.8 Å². The molecule has 0 atom stereocenters. The molecule has 2 aromatic heterocycles. The molecule has 0 aliphatic heterocycles. The average molecular weight is 412 g/mol. The lowest BCUT2D eigenvalue weighted by molar-refractivity contribution is 0.401. The van der Waals surface area contributed by atoms with Crippen LogP contribution in [0.1, 0.15) is 5.56 Å². The zero-order valence-corrected chi connectivity index (χ0v) is 16.9. The van der Waals surface area contributed by atoms with Gasteiger partial charge in [-0.2, -0.15) is 0 Å². The molecule has 0 aliphatic rings. The van der Waals surface area contributed by atoms with Crippen molar-refractivity contribution in [3.05, 3.63) is 65.2 Å². The second kappa shape index (κ2) is 7.29. The zero-order chi connectivity index (χ0) is 20.7. The maximum absolute atomic E-state index is 13.4. The van der Waals surface area contributed by atoms with Gasteiger partial charge in [0.25, 0.3) is 0 Å². The summed E-state index contributed by atoms with van der Waals surface area (Å²) in [6.45, 7) is 1.90. The Balaban J connectivity index is 1.93. The van der Waals surface area contributed by atoms with Gasteiger partial charge in [0.1, 0.15) is 22.8 Å². The minimum atomic E-state index is -0.426. The van der Waals surface area contributed by atoms with E-state index in [1.807, 2.05) is 42.9 Å². The van der Waals surface area contributed by atoms with Crippen molar-refractivity contribution in [2.75, 3.05) is 12.8 Å². The lowest BCUT2D eigenvalue weighted by atomic mass is 10.0. The standard InChI is InChI=1S/C22H19ClFN3O2/c1-12-8-20(29-19-5-4-13(24)9-17(19)23)15(10-18(12)25)16-11-27(2)21-14(16)6-7-26-22(21)28-3/h4-11H,25H2,1-3H3. The van der Waals surface area contributed by atoms with Crippen LogP contribution in [0.5, 0.6) is 17.4 Å². The van der Waals surface area contributed by atoms with Crippen molar-refractivity contribution in [1.82, 2.24) is 9.55 Å². The van der Waals surface area contributed by atoms with Crippen LogP contribution in [0.2, 0.25) is 5.02 Å². The van der Waals surface area contributed by atoms with Gasteiger partial charge in [-0.3, -0.25) is 0 Å². The number of methoxy groups -OCH3 is 1. The predicted octanol–water partition coefficient (Wildman–Crippen LogP) is 5.72. The van der Waals surface area contributed by atoms with E-state index in [-0.39, 0.29) is 5.02 Å². The number of benzene rings is 2. The van der Waals surface area contributed by atoms with Crippen molar-refractivity contribution in [3.63, 3.8) is 0 Å². The maximum Gasteiger partial charge on any atom is 0.238 e. The highest BCUT2D eigenvalue weighted by Gasteiger charge is 2.19. The fraction of sp³-hybridized carbons (Fsp3) is 0.136. The molecule has 2 N–H and O–H groups in total. The molecule has 0 saturated carbocycles. The van der Waals surface area contributed by atoms with Crippen molar-refractivity contribution in [2.45, 2.75) is 6.92 Å². The van der Waals surface area contributed by atoms with Crippen molar-refractivity contribution in [1.29, 1.82) is 0 Å². The van der Waals surface area contributed by atoms with Crippen LogP contribution in [-0.2, 0) is 7.05 Å². The van der Waals surface area contributed by atoms with Crippen molar-refractivity contribution in [2.24, 2.45) is 7.05 Å². The van der Waals surface area contributed by atoms with Gasteiger partial charge < -0.3 is 19.8 Å². The van der Waals surface area contributed by atoms with Gasteiger partial charge in [-0.1, -0.05) is 11.6 Å². The summed E-state index contributed by atoms with van der Waals surface area (Å²) in [7, 11) is 3.51. The Morgan fingerprint density at radius 1 is 1.10 bits per heavy atom. The van der Waals surface area contributed by atoms with Gasteiger partial charge in [0.15, 0.2) is 0 Å². The molecule has 0 spiro atoms. The third-order valence-corrected chi connectivity index (χ3v) is 5.12. The number of nitrogen functional groups attached to an aromatic ring is 1. The minimum Gasteiger partial charge on any atom is -0.479 e. The molecule has 4 rings (SSSR count). The van der Waals surface area contributed by atoms with Crippen LogP contribution in [0.15, 0.2) is 48.8 Å².